The molecular formula is C36H43FN3O8S3. The molecule has 3 N–H and O–H groups in total. The molecule has 0 spiro atoms. The van der Waals surface area contributed by atoms with E-state index in [9.17, 15) is 32.0 Å². The number of benzene rings is 3. The normalized spacial score (nSPS) is 14.7. The molecule has 1 aliphatic rings. The van der Waals surface area contributed by atoms with Crippen molar-refractivity contribution in [1.82, 2.24) is 10.6 Å². The summed E-state index contributed by atoms with van der Waals surface area (Å²) in [5, 5.41) is 4.55. The molecule has 3 aromatic carbocycles. The number of anilines is 2. The van der Waals surface area contributed by atoms with Crippen LogP contribution in [0.2, 0.25) is 0 Å². The molecule has 1 unspecified atom stereocenters. The van der Waals surface area contributed by atoms with Crippen molar-refractivity contribution in [3.63, 3.8) is 0 Å². The highest BCUT2D eigenvalue weighted by molar-refractivity contribution is 8.14. The SMILES string of the molecule is CCCCC1(CCCC)C(=O)[SH]c2cc(OCC(=O)NC(C(=O)NCCS(=O)(=O)O)c3ccccc3F)c(SC)cc2N(c2ccccc2)C1=O. The van der Waals surface area contributed by atoms with Gasteiger partial charge in [0, 0.05) is 22.7 Å². The number of fused-ring (bicyclic) bond motifs is 1. The number of carbonyl (C=O) groups is 4. The molecule has 0 aromatic heterocycles. The van der Waals surface area contributed by atoms with Crippen molar-refractivity contribution in [3.8, 4) is 5.75 Å². The van der Waals surface area contributed by atoms with Crippen molar-refractivity contribution in [2.75, 3.05) is 30.1 Å². The third-order valence-corrected chi connectivity index (χ3v) is 11.2. The Morgan fingerprint density at radius 3 is 2.27 bits per heavy atom. The number of amides is 3. The molecule has 51 heavy (non-hydrogen) atoms. The van der Waals surface area contributed by atoms with Gasteiger partial charge in [0.2, 0.25) is 11.8 Å². The Morgan fingerprint density at radius 2 is 1.67 bits per heavy atom. The van der Waals surface area contributed by atoms with Gasteiger partial charge >= 0.3 is 0 Å². The Hall–Kier alpha value is -3.92. The number of para-hydroxylation sites is 1. The lowest BCUT2D eigenvalue weighted by atomic mass is 9.77. The van der Waals surface area contributed by atoms with Gasteiger partial charge in [-0.25, -0.2) is 4.39 Å². The van der Waals surface area contributed by atoms with E-state index >= 15 is 0 Å². The third kappa shape index (κ3) is 9.90. The predicted octanol–water partition coefficient (Wildman–Crippen LogP) is 6.18. The molecule has 0 saturated carbocycles. The van der Waals surface area contributed by atoms with Crippen LogP contribution in [0.1, 0.15) is 64.0 Å². The zero-order valence-corrected chi connectivity index (χ0v) is 31.2. The number of halogens is 1. The lowest BCUT2D eigenvalue weighted by molar-refractivity contribution is -0.136. The van der Waals surface area contributed by atoms with Gasteiger partial charge in [-0.3, -0.25) is 28.6 Å². The lowest BCUT2D eigenvalue weighted by Crippen LogP contribution is -2.45. The van der Waals surface area contributed by atoms with Gasteiger partial charge in [0.1, 0.15) is 23.0 Å². The Balaban J connectivity index is 1.66. The number of ether oxygens (including phenoxy) is 1. The number of nitrogens with zero attached hydrogens (tertiary/aromatic N) is 1. The van der Waals surface area contributed by atoms with Crippen LogP contribution in [0.4, 0.5) is 15.8 Å². The summed E-state index contributed by atoms with van der Waals surface area (Å²) in [6.45, 7) is 2.98. The number of rotatable bonds is 17. The molecule has 0 aliphatic carbocycles. The number of nitrogens with one attached hydrogen (secondary N) is 2. The van der Waals surface area contributed by atoms with Gasteiger partial charge in [0.15, 0.2) is 11.7 Å². The molecule has 4 rings (SSSR count). The van der Waals surface area contributed by atoms with Gasteiger partial charge in [-0.15, -0.1) is 23.5 Å². The van der Waals surface area contributed by atoms with Gasteiger partial charge in [-0.05, 0) is 49.4 Å². The highest BCUT2D eigenvalue weighted by Gasteiger charge is 2.50. The number of carbonyl (C=O) groups excluding carboxylic acids is 4. The van der Waals surface area contributed by atoms with Crippen LogP contribution >= 0.6 is 23.5 Å². The van der Waals surface area contributed by atoms with E-state index in [2.05, 4.69) is 10.6 Å². The summed E-state index contributed by atoms with van der Waals surface area (Å²) in [6, 6.07) is 16.4. The zero-order chi connectivity index (χ0) is 37.2. The summed E-state index contributed by atoms with van der Waals surface area (Å²) in [7, 11) is -4.38. The molecular weight excluding hydrogens is 718 g/mol. The van der Waals surface area contributed by atoms with Crippen LogP contribution in [-0.2, 0) is 29.3 Å². The van der Waals surface area contributed by atoms with Crippen LogP contribution in [0.3, 0.4) is 0 Å². The highest BCUT2D eigenvalue weighted by atomic mass is 32.2. The molecule has 3 aromatic rings. The van der Waals surface area contributed by atoms with E-state index < -0.39 is 58.1 Å². The van der Waals surface area contributed by atoms with E-state index in [0.29, 0.717) is 58.6 Å². The fourth-order valence-electron chi connectivity index (χ4n) is 5.80. The second-order valence-corrected chi connectivity index (χ2v) is 15.6. The number of hydrogen-bond donors (Lipinski definition) is 4. The molecule has 0 saturated heterocycles. The molecule has 3 amide bonds. The van der Waals surface area contributed by atoms with E-state index in [-0.39, 0.29) is 22.3 Å². The third-order valence-electron chi connectivity index (χ3n) is 8.48. The van der Waals surface area contributed by atoms with E-state index in [1.807, 2.05) is 44.2 Å². The summed E-state index contributed by atoms with van der Waals surface area (Å²) in [5.41, 5.74) is -0.215. The highest BCUT2D eigenvalue weighted by Crippen LogP contribution is 2.51. The topological polar surface area (TPSA) is 159 Å². The maximum absolute atomic E-state index is 14.8. The van der Waals surface area contributed by atoms with Crippen LogP contribution in [0, 0.1) is 11.2 Å². The average Bonchev–Trinajstić information content (AvgIpc) is 3.18. The molecule has 11 nitrogen and oxygen atoms in total. The average molecular weight is 761 g/mol. The molecule has 275 valence electrons. The monoisotopic (exact) mass is 760 g/mol. The van der Waals surface area contributed by atoms with E-state index in [0.717, 1.165) is 18.9 Å². The van der Waals surface area contributed by atoms with Crippen molar-refractivity contribution >= 4 is 67.9 Å². The van der Waals surface area contributed by atoms with Crippen molar-refractivity contribution < 1.29 is 41.3 Å². The van der Waals surface area contributed by atoms with Crippen molar-refractivity contribution in [3.05, 3.63) is 78.1 Å². The Labute approximate surface area is 306 Å². The Bertz CT molecular complexity index is 1830. The lowest BCUT2D eigenvalue weighted by Gasteiger charge is -2.34. The number of hydrogen-bond acceptors (Lipinski definition) is 8. The second-order valence-electron chi connectivity index (χ2n) is 12.1. The summed E-state index contributed by atoms with van der Waals surface area (Å²) in [4.78, 5) is 57.9. The minimum Gasteiger partial charge on any atom is -0.483 e. The minimum atomic E-state index is -4.38. The second kappa shape index (κ2) is 18.0. The minimum absolute atomic E-state index is 0.164. The summed E-state index contributed by atoms with van der Waals surface area (Å²) < 4.78 is 52.0. The molecule has 15 heteroatoms. The van der Waals surface area contributed by atoms with Crippen LogP contribution < -0.4 is 20.3 Å². The molecule has 1 atom stereocenters. The molecule has 1 heterocycles. The van der Waals surface area contributed by atoms with Gasteiger partial charge in [-0.2, -0.15) is 8.42 Å². The largest absolute Gasteiger partial charge is 0.483 e. The maximum atomic E-state index is 14.8. The van der Waals surface area contributed by atoms with Crippen LogP contribution in [0.15, 0.2) is 76.5 Å². The first-order chi connectivity index (χ1) is 24.3. The maximum Gasteiger partial charge on any atom is 0.266 e. The van der Waals surface area contributed by atoms with Crippen molar-refractivity contribution in [2.45, 2.75) is 68.2 Å². The number of unbranched alkanes of at least 4 members (excludes halogenated alkanes) is 2. The van der Waals surface area contributed by atoms with Crippen molar-refractivity contribution in [2.24, 2.45) is 5.41 Å². The summed E-state index contributed by atoms with van der Waals surface area (Å²) >= 11 is 1.63. The summed E-state index contributed by atoms with van der Waals surface area (Å²) in [6.07, 6.45) is 5.73. The van der Waals surface area contributed by atoms with Gasteiger partial charge in [-0.1, -0.05) is 75.9 Å². The van der Waals surface area contributed by atoms with Crippen LogP contribution in [0.25, 0.3) is 0 Å². The van der Waals surface area contributed by atoms with Crippen molar-refractivity contribution in [1.29, 1.82) is 0 Å². The van der Waals surface area contributed by atoms with Gasteiger partial charge < -0.3 is 15.4 Å². The van der Waals surface area contributed by atoms with E-state index in [4.69, 9.17) is 9.29 Å². The quantitative estimate of drug-likeness (QED) is 0.0546. The van der Waals surface area contributed by atoms with Crippen LogP contribution in [0.5, 0.6) is 5.75 Å². The predicted molar refractivity (Wildman–Crippen MR) is 198 cm³/mol. The smallest absolute Gasteiger partial charge is 0.266 e. The number of thiol groups is 1. The molecule has 1 aliphatic heterocycles. The molecule has 0 bridgehead atoms. The first-order valence-electron chi connectivity index (χ1n) is 16.6. The fraction of sp³-hybridized carbons (Fsp3) is 0.389. The Kier molecular flexibility index (Phi) is 14.1. The summed E-state index contributed by atoms with van der Waals surface area (Å²) in [5.74, 6) is -3.23. The van der Waals surface area contributed by atoms with Gasteiger partial charge in [0.05, 0.1) is 16.3 Å². The standard InChI is InChI=1S/C36H43FN3O8S3/c1-4-6-17-36(18-7-5-2)34(43)40(24-13-9-8-10-14-24)27-21-30(49-3)28(22-29(27)50-35(36)44)48-23-31(41)39-32(25-15-11-12-16-26(25)37)33(42)38-19-20-51(45,46)47/h8-16,21-22,32,50H,4-7,17-20,23H2,1-3H3,(H,38,42)(H,39,41)(H,45,46,47). The molecule has 1 radical (unpaired) electrons. The first-order valence-corrected chi connectivity index (χ1v) is 20.3. The molecule has 0 fully saturated rings. The van der Waals surface area contributed by atoms with Gasteiger partial charge in [0.25, 0.3) is 16.0 Å². The Morgan fingerprint density at radius 1 is 1.02 bits per heavy atom. The van der Waals surface area contributed by atoms with Crippen LogP contribution in [-0.4, -0.2) is 61.0 Å². The van der Waals surface area contributed by atoms with E-state index in [1.54, 1.807) is 23.3 Å². The zero-order valence-electron chi connectivity index (χ0n) is 28.7. The fourth-order valence-corrected chi connectivity index (χ4v) is 7.92. The first kappa shape index (κ1) is 39.9. The number of thioether (sulfide) groups is 1. The van der Waals surface area contributed by atoms with E-state index in [1.165, 1.54) is 30.0 Å².